The van der Waals surface area contributed by atoms with Crippen molar-refractivity contribution in [3.05, 3.63) is 0 Å². The molecule has 0 aliphatic carbocycles. The van der Waals surface area contributed by atoms with Gasteiger partial charge < -0.3 is 34.3 Å². The van der Waals surface area contributed by atoms with Gasteiger partial charge in [0.25, 0.3) is 10.1 Å². The van der Waals surface area contributed by atoms with Crippen LogP contribution in [-0.2, 0) is 38.7 Å². The molecule has 4 N–H and O–H groups in total. The molecule has 1 rings (SSSR count). The Labute approximate surface area is 340 Å². The minimum Gasteiger partial charge on any atom is -0.462 e. The second-order valence-electron chi connectivity index (χ2n) is 16.1. The van der Waals surface area contributed by atoms with E-state index in [1.807, 2.05) is 0 Å². The summed E-state index contributed by atoms with van der Waals surface area (Å²) in [5.41, 5.74) is 0. The van der Waals surface area contributed by atoms with Crippen LogP contribution in [0.15, 0.2) is 0 Å². The number of rotatable bonds is 38. The Morgan fingerprint density at radius 2 is 0.911 bits per heavy atom. The molecule has 0 amide bonds. The van der Waals surface area contributed by atoms with Crippen LogP contribution in [-0.4, -0.2) is 96.0 Å². The SMILES string of the molecule is CCCCCCCCCCCCCCCCCCCCCCC(=O)OC[C@H](CO[C@H]1O[C@H](CS(=O)(=O)O)[C@@H](O)C(O)C1O)OC(=O)CCCCCCCCCC. The maximum Gasteiger partial charge on any atom is 0.306 e. The van der Waals surface area contributed by atoms with Gasteiger partial charge in [0.05, 0.1) is 6.61 Å². The molecule has 0 spiro atoms. The highest BCUT2D eigenvalue weighted by Crippen LogP contribution is 2.24. The van der Waals surface area contributed by atoms with Crippen molar-refractivity contribution < 1.29 is 56.8 Å². The molecule has 0 saturated carbocycles. The van der Waals surface area contributed by atoms with E-state index in [2.05, 4.69) is 13.8 Å². The van der Waals surface area contributed by atoms with E-state index in [0.29, 0.717) is 12.8 Å². The van der Waals surface area contributed by atoms with Crippen molar-refractivity contribution in [2.45, 2.75) is 243 Å². The first-order chi connectivity index (χ1) is 27.0. The molecule has 0 aromatic heterocycles. The molecule has 56 heavy (non-hydrogen) atoms. The van der Waals surface area contributed by atoms with E-state index in [9.17, 15) is 37.9 Å². The van der Waals surface area contributed by atoms with Gasteiger partial charge in [0.15, 0.2) is 12.4 Å². The molecule has 0 radical (unpaired) electrons. The first-order valence-electron chi connectivity index (χ1n) is 22.6. The van der Waals surface area contributed by atoms with Crippen LogP contribution in [0.3, 0.4) is 0 Å². The molecule has 0 bridgehead atoms. The van der Waals surface area contributed by atoms with Crippen LogP contribution < -0.4 is 0 Å². The lowest BCUT2D eigenvalue weighted by atomic mass is 10.00. The highest BCUT2D eigenvalue weighted by Gasteiger charge is 2.46. The van der Waals surface area contributed by atoms with Crippen LogP contribution in [0.5, 0.6) is 0 Å². The normalized spacial score (nSPS) is 20.6. The smallest absolute Gasteiger partial charge is 0.306 e. The molecule has 1 aliphatic rings. The maximum absolute atomic E-state index is 12.7. The number of carbonyl (C=O) groups excluding carboxylic acids is 2. The Bertz CT molecular complexity index is 1060. The fraction of sp³-hybridized carbons (Fsp3) is 0.953. The van der Waals surface area contributed by atoms with E-state index in [1.54, 1.807) is 0 Å². The van der Waals surface area contributed by atoms with Crippen LogP contribution >= 0.6 is 0 Å². The summed E-state index contributed by atoms with van der Waals surface area (Å²) in [6.45, 7) is 3.73. The maximum atomic E-state index is 12.7. The van der Waals surface area contributed by atoms with E-state index < -0.39 is 71.2 Å². The van der Waals surface area contributed by atoms with Gasteiger partial charge in [0.2, 0.25) is 0 Å². The summed E-state index contributed by atoms with van der Waals surface area (Å²) in [5, 5.41) is 30.8. The van der Waals surface area contributed by atoms with Crippen molar-refractivity contribution in [3.8, 4) is 0 Å². The molecule has 1 saturated heterocycles. The van der Waals surface area contributed by atoms with Gasteiger partial charge in [0, 0.05) is 12.8 Å². The molecule has 1 aliphatic heterocycles. The molecule has 12 nitrogen and oxygen atoms in total. The van der Waals surface area contributed by atoms with Crippen molar-refractivity contribution in [3.63, 3.8) is 0 Å². The van der Waals surface area contributed by atoms with Gasteiger partial charge in [-0.25, -0.2) is 0 Å². The summed E-state index contributed by atoms with van der Waals surface area (Å²) in [4.78, 5) is 25.3. The largest absolute Gasteiger partial charge is 0.462 e. The lowest BCUT2D eigenvalue weighted by Gasteiger charge is -2.40. The lowest BCUT2D eigenvalue weighted by Crippen LogP contribution is -2.60. The van der Waals surface area contributed by atoms with E-state index >= 15 is 0 Å². The third-order valence-corrected chi connectivity index (χ3v) is 11.4. The van der Waals surface area contributed by atoms with Gasteiger partial charge in [-0.1, -0.05) is 181 Å². The lowest BCUT2D eigenvalue weighted by molar-refractivity contribution is -0.297. The van der Waals surface area contributed by atoms with Crippen molar-refractivity contribution >= 4 is 22.1 Å². The zero-order chi connectivity index (χ0) is 41.3. The molecule has 6 atom stereocenters. The van der Waals surface area contributed by atoms with E-state index in [0.717, 1.165) is 38.5 Å². The quantitative estimate of drug-likeness (QED) is 0.0264. The number of ether oxygens (including phenoxy) is 4. The minimum absolute atomic E-state index is 0.169. The third kappa shape index (κ3) is 29.0. The van der Waals surface area contributed by atoms with Crippen LogP contribution in [0.2, 0.25) is 0 Å². The van der Waals surface area contributed by atoms with E-state index in [4.69, 9.17) is 18.9 Å². The number of aliphatic hydroxyl groups excluding tert-OH is 3. The van der Waals surface area contributed by atoms with Gasteiger partial charge in [-0.3, -0.25) is 14.1 Å². The number of hydrogen-bond acceptors (Lipinski definition) is 11. The Hall–Kier alpha value is -1.35. The van der Waals surface area contributed by atoms with Gasteiger partial charge >= 0.3 is 11.9 Å². The summed E-state index contributed by atoms with van der Waals surface area (Å²) in [6.07, 6.45) is 24.7. The molecule has 13 heteroatoms. The highest BCUT2D eigenvalue weighted by molar-refractivity contribution is 7.85. The summed E-state index contributed by atoms with van der Waals surface area (Å²) < 4.78 is 53.9. The van der Waals surface area contributed by atoms with Crippen molar-refractivity contribution in [2.75, 3.05) is 19.0 Å². The predicted octanol–water partition coefficient (Wildman–Crippen LogP) is 8.90. The van der Waals surface area contributed by atoms with Crippen molar-refractivity contribution in [1.29, 1.82) is 0 Å². The monoisotopic (exact) mass is 823 g/mol. The Morgan fingerprint density at radius 3 is 1.30 bits per heavy atom. The van der Waals surface area contributed by atoms with E-state index in [1.165, 1.54) is 128 Å². The summed E-state index contributed by atoms with van der Waals surface area (Å²) in [6, 6.07) is 0. The number of unbranched alkanes of at least 4 members (excludes halogenated alkanes) is 26. The standard InChI is InChI=1S/C43H82O12S/c1-3-5-7-9-11-13-14-15-16-17-18-19-20-21-22-23-24-26-27-29-31-38(44)52-33-36(54-39(45)32-30-28-25-12-10-8-6-4-2)34-53-43-42(48)41(47)40(46)37(55-43)35-56(49,50)51/h36-37,40-43,46-48H,3-35H2,1-2H3,(H,49,50,51)/t36-,37-,40-,41?,42?,43+/m1/s1. The average Bonchev–Trinajstić information content (AvgIpc) is 3.16. The van der Waals surface area contributed by atoms with E-state index in [-0.39, 0.29) is 19.4 Å². The highest BCUT2D eigenvalue weighted by atomic mass is 32.2. The number of aliphatic hydroxyl groups is 3. The van der Waals surface area contributed by atoms with Crippen molar-refractivity contribution in [1.82, 2.24) is 0 Å². The fourth-order valence-electron chi connectivity index (χ4n) is 7.15. The number of carbonyl (C=O) groups is 2. The summed E-state index contributed by atoms with van der Waals surface area (Å²) in [5.74, 6) is -1.97. The number of esters is 2. The molecule has 2 unspecified atom stereocenters. The zero-order valence-corrected chi connectivity index (χ0v) is 36.1. The first-order valence-corrected chi connectivity index (χ1v) is 24.2. The molecule has 332 valence electrons. The van der Waals surface area contributed by atoms with Gasteiger partial charge in [-0.05, 0) is 12.8 Å². The van der Waals surface area contributed by atoms with Gasteiger partial charge in [-0.15, -0.1) is 0 Å². The van der Waals surface area contributed by atoms with Gasteiger partial charge in [0.1, 0.15) is 36.8 Å². The van der Waals surface area contributed by atoms with Gasteiger partial charge in [-0.2, -0.15) is 8.42 Å². The predicted molar refractivity (Wildman–Crippen MR) is 220 cm³/mol. The zero-order valence-electron chi connectivity index (χ0n) is 35.3. The summed E-state index contributed by atoms with van der Waals surface area (Å²) >= 11 is 0. The Morgan fingerprint density at radius 1 is 0.536 bits per heavy atom. The second kappa shape index (κ2) is 34.5. The van der Waals surface area contributed by atoms with Crippen LogP contribution in [0, 0.1) is 0 Å². The number of hydrogen-bond donors (Lipinski definition) is 4. The fourth-order valence-corrected chi connectivity index (χ4v) is 7.84. The first kappa shape index (κ1) is 52.7. The van der Waals surface area contributed by atoms with Crippen LogP contribution in [0.4, 0.5) is 0 Å². The molecule has 0 aromatic carbocycles. The van der Waals surface area contributed by atoms with Crippen molar-refractivity contribution in [2.24, 2.45) is 0 Å². The molecular formula is C43H82O12S. The minimum atomic E-state index is -4.59. The molecule has 1 fully saturated rings. The molecule has 1 heterocycles. The Balaban J connectivity index is 2.33. The van der Waals surface area contributed by atoms with Crippen LogP contribution in [0.1, 0.15) is 206 Å². The third-order valence-electron chi connectivity index (χ3n) is 10.7. The topological polar surface area (TPSA) is 186 Å². The average molecular weight is 823 g/mol. The van der Waals surface area contributed by atoms with Crippen LogP contribution in [0.25, 0.3) is 0 Å². The summed E-state index contributed by atoms with van der Waals surface area (Å²) in [7, 11) is -4.59. The Kier molecular flexibility index (Phi) is 32.5. The second-order valence-corrected chi connectivity index (χ2v) is 17.6. The molecular weight excluding hydrogens is 741 g/mol. The molecule has 0 aromatic rings.